The van der Waals surface area contributed by atoms with Crippen molar-refractivity contribution in [1.29, 1.82) is 0 Å². The molecule has 1 aromatic heterocycles. The standard InChI is InChI=1S/C18H31N3/c1-2-14-8-9-18(19)15(12-14)13-16-10-11-21(20-16)17-6-4-3-5-7-17/h10-11,14-15,17-18H,2-9,12-13,19H2,1H3. The van der Waals surface area contributed by atoms with Crippen molar-refractivity contribution in [3.63, 3.8) is 0 Å². The molecule has 3 unspecified atom stereocenters. The summed E-state index contributed by atoms with van der Waals surface area (Å²) in [6, 6.07) is 3.26. The second kappa shape index (κ2) is 6.95. The van der Waals surface area contributed by atoms with E-state index in [4.69, 9.17) is 10.8 Å². The fourth-order valence-electron chi connectivity index (χ4n) is 4.29. The maximum Gasteiger partial charge on any atom is 0.0628 e. The normalized spacial score (nSPS) is 31.4. The Morgan fingerprint density at radius 2 is 2.00 bits per heavy atom. The van der Waals surface area contributed by atoms with Crippen molar-refractivity contribution < 1.29 is 0 Å². The Bertz CT molecular complexity index is 433. The van der Waals surface area contributed by atoms with E-state index in [1.165, 1.54) is 63.5 Å². The van der Waals surface area contributed by atoms with Gasteiger partial charge in [0.15, 0.2) is 0 Å². The minimum absolute atomic E-state index is 0.382. The Balaban J connectivity index is 1.60. The van der Waals surface area contributed by atoms with Gasteiger partial charge in [-0.05, 0) is 56.4 Å². The quantitative estimate of drug-likeness (QED) is 0.907. The molecule has 0 spiro atoms. The zero-order valence-corrected chi connectivity index (χ0v) is 13.5. The summed E-state index contributed by atoms with van der Waals surface area (Å²) in [7, 11) is 0. The van der Waals surface area contributed by atoms with Crippen molar-refractivity contribution in [2.24, 2.45) is 17.6 Å². The van der Waals surface area contributed by atoms with E-state index in [0.717, 1.165) is 12.3 Å². The topological polar surface area (TPSA) is 43.8 Å². The summed E-state index contributed by atoms with van der Waals surface area (Å²) < 4.78 is 2.24. The average Bonchev–Trinajstić information content (AvgIpc) is 2.99. The lowest BCUT2D eigenvalue weighted by atomic mass is 9.75. The molecule has 3 nitrogen and oxygen atoms in total. The lowest BCUT2D eigenvalue weighted by Gasteiger charge is -2.33. The molecule has 0 bridgehead atoms. The first-order valence-corrected chi connectivity index (χ1v) is 9.06. The molecule has 0 aromatic carbocycles. The monoisotopic (exact) mass is 289 g/mol. The lowest BCUT2D eigenvalue weighted by molar-refractivity contribution is 0.225. The molecule has 3 atom stereocenters. The van der Waals surface area contributed by atoms with Gasteiger partial charge < -0.3 is 5.73 Å². The van der Waals surface area contributed by atoms with Gasteiger partial charge in [0.05, 0.1) is 11.7 Å². The predicted molar refractivity (Wildman–Crippen MR) is 87.2 cm³/mol. The van der Waals surface area contributed by atoms with Crippen LogP contribution in [0.2, 0.25) is 0 Å². The number of hydrogen-bond donors (Lipinski definition) is 1. The van der Waals surface area contributed by atoms with E-state index in [9.17, 15) is 0 Å². The largest absolute Gasteiger partial charge is 0.327 e. The Kier molecular flexibility index (Phi) is 4.99. The van der Waals surface area contributed by atoms with Gasteiger partial charge in [-0.15, -0.1) is 0 Å². The molecule has 3 heteroatoms. The molecule has 2 aliphatic carbocycles. The zero-order chi connectivity index (χ0) is 14.7. The van der Waals surface area contributed by atoms with Gasteiger partial charge in [0.1, 0.15) is 0 Å². The Morgan fingerprint density at radius 3 is 2.76 bits per heavy atom. The van der Waals surface area contributed by atoms with Gasteiger partial charge in [-0.3, -0.25) is 4.68 Å². The van der Waals surface area contributed by atoms with Gasteiger partial charge in [0.2, 0.25) is 0 Å². The highest BCUT2D eigenvalue weighted by Crippen LogP contribution is 2.33. The summed E-state index contributed by atoms with van der Waals surface area (Å²) in [5, 5.41) is 4.87. The highest BCUT2D eigenvalue weighted by Gasteiger charge is 2.28. The van der Waals surface area contributed by atoms with Crippen LogP contribution >= 0.6 is 0 Å². The first kappa shape index (κ1) is 15.1. The van der Waals surface area contributed by atoms with Gasteiger partial charge in [0.25, 0.3) is 0 Å². The van der Waals surface area contributed by atoms with Crippen molar-refractivity contribution in [2.75, 3.05) is 0 Å². The first-order valence-electron chi connectivity index (χ1n) is 9.06. The maximum absolute atomic E-state index is 6.36. The molecule has 21 heavy (non-hydrogen) atoms. The van der Waals surface area contributed by atoms with E-state index in [1.54, 1.807) is 0 Å². The molecule has 2 saturated carbocycles. The fraction of sp³-hybridized carbons (Fsp3) is 0.833. The third-order valence-electron chi connectivity index (χ3n) is 5.81. The summed E-state index contributed by atoms with van der Waals surface area (Å²) in [4.78, 5) is 0. The van der Waals surface area contributed by atoms with E-state index in [1.807, 2.05) is 0 Å². The first-order chi connectivity index (χ1) is 10.3. The predicted octanol–water partition coefficient (Wildman–Crippen LogP) is 4.08. The van der Waals surface area contributed by atoms with Gasteiger partial charge in [-0.2, -0.15) is 5.10 Å². The minimum atomic E-state index is 0.382. The smallest absolute Gasteiger partial charge is 0.0628 e. The van der Waals surface area contributed by atoms with E-state index >= 15 is 0 Å². The molecule has 1 heterocycles. The maximum atomic E-state index is 6.36. The molecular weight excluding hydrogens is 258 g/mol. The van der Waals surface area contributed by atoms with Crippen LogP contribution < -0.4 is 5.73 Å². The van der Waals surface area contributed by atoms with Gasteiger partial charge in [-0.1, -0.05) is 32.6 Å². The molecule has 2 fully saturated rings. The van der Waals surface area contributed by atoms with Crippen molar-refractivity contribution in [3.8, 4) is 0 Å². The fourth-order valence-corrected chi connectivity index (χ4v) is 4.29. The van der Waals surface area contributed by atoms with Crippen LogP contribution in [0, 0.1) is 11.8 Å². The Morgan fingerprint density at radius 1 is 1.19 bits per heavy atom. The summed E-state index contributed by atoms with van der Waals surface area (Å²) in [6.07, 6.45) is 15.2. The van der Waals surface area contributed by atoms with Crippen LogP contribution in [0.15, 0.2) is 12.3 Å². The highest BCUT2D eigenvalue weighted by molar-refractivity contribution is 5.03. The van der Waals surface area contributed by atoms with Crippen LogP contribution in [0.25, 0.3) is 0 Å². The summed E-state index contributed by atoms with van der Waals surface area (Å²) in [5.74, 6) is 1.52. The molecule has 0 aliphatic heterocycles. The number of nitrogens with two attached hydrogens (primary N) is 1. The molecule has 2 N–H and O–H groups in total. The highest BCUT2D eigenvalue weighted by atomic mass is 15.3. The van der Waals surface area contributed by atoms with Crippen molar-refractivity contribution in [2.45, 2.75) is 83.2 Å². The molecular formula is C18H31N3. The van der Waals surface area contributed by atoms with Crippen molar-refractivity contribution in [3.05, 3.63) is 18.0 Å². The molecule has 1 aromatic rings. The Labute approximate surface area is 129 Å². The number of aromatic nitrogens is 2. The minimum Gasteiger partial charge on any atom is -0.327 e. The van der Waals surface area contributed by atoms with Gasteiger partial charge >= 0.3 is 0 Å². The van der Waals surface area contributed by atoms with Crippen molar-refractivity contribution >= 4 is 0 Å². The van der Waals surface area contributed by atoms with Crippen LogP contribution in [0.1, 0.15) is 76.4 Å². The Hall–Kier alpha value is -0.830. The molecule has 0 amide bonds. The number of hydrogen-bond acceptors (Lipinski definition) is 2. The third-order valence-corrected chi connectivity index (χ3v) is 5.81. The molecule has 2 aliphatic rings. The second-order valence-electron chi connectivity index (χ2n) is 7.29. The molecule has 0 saturated heterocycles. The number of rotatable bonds is 4. The number of nitrogens with zero attached hydrogens (tertiary/aromatic N) is 2. The van der Waals surface area contributed by atoms with Crippen LogP contribution in [-0.4, -0.2) is 15.8 Å². The molecule has 118 valence electrons. The summed E-state index contributed by atoms with van der Waals surface area (Å²) >= 11 is 0. The van der Waals surface area contributed by atoms with Crippen LogP contribution in [0.5, 0.6) is 0 Å². The van der Waals surface area contributed by atoms with Gasteiger partial charge in [-0.25, -0.2) is 0 Å². The lowest BCUT2D eigenvalue weighted by Crippen LogP contribution is -2.37. The van der Waals surface area contributed by atoms with Crippen LogP contribution in [0.3, 0.4) is 0 Å². The van der Waals surface area contributed by atoms with E-state index < -0.39 is 0 Å². The summed E-state index contributed by atoms with van der Waals surface area (Å²) in [5.41, 5.74) is 7.62. The van der Waals surface area contributed by atoms with Crippen LogP contribution in [-0.2, 0) is 6.42 Å². The van der Waals surface area contributed by atoms with Crippen LogP contribution in [0.4, 0.5) is 0 Å². The van der Waals surface area contributed by atoms with Gasteiger partial charge in [0, 0.05) is 12.2 Å². The second-order valence-corrected chi connectivity index (χ2v) is 7.29. The SMILES string of the molecule is CCC1CCC(N)C(Cc2ccn(C3CCCCC3)n2)C1. The summed E-state index contributed by atoms with van der Waals surface area (Å²) in [6.45, 7) is 2.32. The third kappa shape index (κ3) is 3.68. The van der Waals surface area contributed by atoms with E-state index in [2.05, 4.69) is 23.9 Å². The van der Waals surface area contributed by atoms with E-state index in [-0.39, 0.29) is 0 Å². The molecule has 0 radical (unpaired) electrons. The zero-order valence-electron chi connectivity index (χ0n) is 13.5. The van der Waals surface area contributed by atoms with E-state index in [0.29, 0.717) is 18.0 Å². The average molecular weight is 289 g/mol. The van der Waals surface area contributed by atoms with Crippen molar-refractivity contribution in [1.82, 2.24) is 9.78 Å². The molecule has 3 rings (SSSR count).